The van der Waals surface area contributed by atoms with E-state index in [1.807, 2.05) is 23.1 Å². The van der Waals surface area contributed by atoms with Crippen molar-refractivity contribution < 1.29 is 14.3 Å². The lowest BCUT2D eigenvalue weighted by Crippen LogP contribution is -2.50. The predicted molar refractivity (Wildman–Crippen MR) is 114 cm³/mol. The van der Waals surface area contributed by atoms with E-state index in [9.17, 15) is 4.79 Å². The van der Waals surface area contributed by atoms with Crippen molar-refractivity contribution in [2.24, 2.45) is 0 Å². The monoisotopic (exact) mass is 425 g/mol. The van der Waals surface area contributed by atoms with E-state index in [0.717, 1.165) is 0 Å². The van der Waals surface area contributed by atoms with Gasteiger partial charge in [0.05, 0.1) is 6.20 Å². The highest BCUT2D eigenvalue weighted by atomic mass is 35.5. The number of carbonyl (C=O) groups excluding carboxylic acids is 1. The fourth-order valence-corrected chi connectivity index (χ4v) is 3.18. The fourth-order valence-electron chi connectivity index (χ4n) is 3.06. The molecule has 1 fully saturated rings. The summed E-state index contributed by atoms with van der Waals surface area (Å²) in [5.74, 6) is 2.34. The van der Waals surface area contributed by atoms with Gasteiger partial charge in [-0.25, -0.2) is 9.78 Å². The fraction of sp³-hybridized carbons (Fsp3) is 0.190. The van der Waals surface area contributed by atoms with Crippen molar-refractivity contribution in [3.63, 3.8) is 0 Å². The SMILES string of the molecule is Nc1ncc(Oc2ccc(Cl)cc2)c(N2CCN(C(=O)Oc3ccccc3)CC2)n1. The third-order valence-corrected chi connectivity index (χ3v) is 4.83. The number of rotatable bonds is 4. The summed E-state index contributed by atoms with van der Waals surface area (Å²) in [5, 5.41) is 0.620. The second kappa shape index (κ2) is 8.87. The highest BCUT2D eigenvalue weighted by Crippen LogP contribution is 2.31. The normalized spacial score (nSPS) is 13.8. The van der Waals surface area contributed by atoms with Crippen LogP contribution in [-0.2, 0) is 0 Å². The van der Waals surface area contributed by atoms with Gasteiger partial charge in [0.25, 0.3) is 0 Å². The van der Waals surface area contributed by atoms with Crippen LogP contribution in [-0.4, -0.2) is 47.1 Å². The minimum atomic E-state index is -0.374. The molecule has 2 heterocycles. The standard InChI is InChI=1S/C21H20ClN5O3/c22-15-6-8-17(9-7-15)29-18-14-24-20(23)25-19(18)26-10-12-27(13-11-26)21(28)30-16-4-2-1-3-5-16/h1-9,14H,10-13H2,(H2,23,24,25). The Balaban J connectivity index is 1.43. The third kappa shape index (κ3) is 4.72. The lowest BCUT2D eigenvalue weighted by molar-refractivity contribution is 0.149. The van der Waals surface area contributed by atoms with E-state index in [2.05, 4.69) is 9.97 Å². The molecule has 154 valence electrons. The Hall–Kier alpha value is -3.52. The summed E-state index contributed by atoms with van der Waals surface area (Å²) in [4.78, 5) is 24.5. The minimum absolute atomic E-state index is 0.152. The molecule has 4 rings (SSSR count). The summed E-state index contributed by atoms with van der Waals surface area (Å²) in [5.41, 5.74) is 5.80. The van der Waals surface area contributed by atoms with Crippen LogP contribution in [0.5, 0.6) is 17.2 Å². The van der Waals surface area contributed by atoms with Crippen LogP contribution in [0.4, 0.5) is 16.6 Å². The highest BCUT2D eigenvalue weighted by molar-refractivity contribution is 6.30. The number of aromatic nitrogens is 2. The van der Waals surface area contributed by atoms with Crippen LogP contribution in [0, 0.1) is 0 Å². The van der Waals surface area contributed by atoms with Gasteiger partial charge in [-0.05, 0) is 36.4 Å². The van der Waals surface area contributed by atoms with Crippen LogP contribution < -0.4 is 20.1 Å². The second-order valence-electron chi connectivity index (χ2n) is 6.63. The number of anilines is 2. The molecular formula is C21H20ClN5O3. The van der Waals surface area contributed by atoms with E-state index >= 15 is 0 Å². The van der Waals surface area contributed by atoms with Gasteiger partial charge >= 0.3 is 6.09 Å². The number of hydrogen-bond donors (Lipinski definition) is 1. The van der Waals surface area contributed by atoms with Gasteiger partial charge in [0.1, 0.15) is 11.5 Å². The van der Waals surface area contributed by atoms with E-state index in [-0.39, 0.29) is 12.0 Å². The number of hydrogen-bond acceptors (Lipinski definition) is 7. The molecule has 3 aromatic rings. The van der Waals surface area contributed by atoms with E-state index in [1.54, 1.807) is 47.5 Å². The summed E-state index contributed by atoms with van der Waals surface area (Å²) >= 11 is 5.93. The van der Waals surface area contributed by atoms with Gasteiger partial charge in [-0.15, -0.1) is 0 Å². The maximum Gasteiger partial charge on any atom is 0.415 e. The number of para-hydroxylation sites is 1. The Morgan fingerprint density at radius 3 is 2.37 bits per heavy atom. The first-order valence-electron chi connectivity index (χ1n) is 9.41. The van der Waals surface area contributed by atoms with Crippen LogP contribution >= 0.6 is 11.6 Å². The van der Waals surface area contributed by atoms with Gasteiger partial charge in [0.15, 0.2) is 11.6 Å². The van der Waals surface area contributed by atoms with Crippen molar-refractivity contribution in [3.05, 3.63) is 65.8 Å². The van der Waals surface area contributed by atoms with E-state index < -0.39 is 0 Å². The van der Waals surface area contributed by atoms with Crippen molar-refractivity contribution >= 4 is 29.5 Å². The zero-order chi connectivity index (χ0) is 20.9. The van der Waals surface area contributed by atoms with Crippen LogP contribution in [0.1, 0.15) is 0 Å². The first-order valence-corrected chi connectivity index (χ1v) is 9.79. The molecule has 9 heteroatoms. The Bertz CT molecular complexity index is 1010. The predicted octanol–water partition coefficient (Wildman–Crippen LogP) is 3.83. The van der Waals surface area contributed by atoms with Gasteiger partial charge < -0.3 is 25.0 Å². The molecule has 0 bridgehead atoms. The number of amides is 1. The molecule has 30 heavy (non-hydrogen) atoms. The van der Waals surface area contributed by atoms with Gasteiger partial charge in [0.2, 0.25) is 5.95 Å². The Labute approximate surface area is 178 Å². The average Bonchev–Trinajstić information content (AvgIpc) is 2.77. The van der Waals surface area contributed by atoms with Crippen LogP contribution in [0.25, 0.3) is 0 Å². The van der Waals surface area contributed by atoms with Crippen molar-refractivity contribution in [3.8, 4) is 17.2 Å². The zero-order valence-electron chi connectivity index (χ0n) is 16.1. The van der Waals surface area contributed by atoms with Crippen molar-refractivity contribution in [2.45, 2.75) is 0 Å². The average molecular weight is 426 g/mol. The molecule has 0 atom stereocenters. The third-order valence-electron chi connectivity index (χ3n) is 4.58. The summed E-state index contributed by atoms with van der Waals surface area (Å²) in [6, 6.07) is 16.0. The number of nitrogens with two attached hydrogens (primary N) is 1. The summed E-state index contributed by atoms with van der Waals surface area (Å²) < 4.78 is 11.4. The topological polar surface area (TPSA) is 93.8 Å². The first-order chi connectivity index (χ1) is 14.6. The Morgan fingerprint density at radius 2 is 1.67 bits per heavy atom. The lowest BCUT2D eigenvalue weighted by Gasteiger charge is -2.35. The molecule has 0 radical (unpaired) electrons. The number of nitrogens with zero attached hydrogens (tertiary/aromatic N) is 4. The molecule has 1 saturated heterocycles. The molecular weight excluding hydrogens is 406 g/mol. The lowest BCUT2D eigenvalue weighted by atomic mass is 10.3. The largest absolute Gasteiger partial charge is 0.452 e. The summed E-state index contributed by atoms with van der Waals surface area (Å²) in [7, 11) is 0. The molecule has 1 aliphatic heterocycles. The quantitative estimate of drug-likeness (QED) is 0.678. The second-order valence-corrected chi connectivity index (χ2v) is 7.06. The summed E-state index contributed by atoms with van der Waals surface area (Å²) in [6.45, 7) is 2.07. The molecule has 1 aliphatic rings. The van der Waals surface area contributed by atoms with Crippen molar-refractivity contribution in [1.29, 1.82) is 0 Å². The molecule has 0 saturated carbocycles. The van der Waals surface area contributed by atoms with Gasteiger partial charge in [-0.3, -0.25) is 0 Å². The van der Waals surface area contributed by atoms with E-state index in [4.69, 9.17) is 26.8 Å². The molecule has 2 N–H and O–H groups in total. The van der Waals surface area contributed by atoms with Crippen molar-refractivity contribution in [1.82, 2.24) is 14.9 Å². The van der Waals surface area contributed by atoms with Crippen LogP contribution in [0.2, 0.25) is 5.02 Å². The molecule has 1 aromatic heterocycles. The highest BCUT2D eigenvalue weighted by Gasteiger charge is 2.26. The maximum absolute atomic E-state index is 12.4. The molecule has 1 amide bonds. The van der Waals surface area contributed by atoms with Crippen molar-refractivity contribution in [2.75, 3.05) is 36.8 Å². The number of benzene rings is 2. The number of carbonyl (C=O) groups is 1. The Kier molecular flexibility index (Phi) is 5.85. The summed E-state index contributed by atoms with van der Waals surface area (Å²) in [6.07, 6.45) is 1.17. The zero-order valence-corrected chi connectivity index (χ0v) is 16.8. The van der Waals surface area contributed by atoms with Crippen LogP contribution in [0.3, 0.4) is 0 Å². The maximum atomic E-state index is 12.4. The molecule has 0 aliphatic carbocycles. The van der Waals surface area contributed by atoms with Gasteiger partial charge in [-0.1, -0.05) is 29.8 Å². The number of halogens is 1. The molecule has 0 unspecified atom stereocenters. The minimum Gasteiger partial charge on any atom is -0.452 e. The van der Waals surface area contributed by atoms with Gasteiger partial charge in [0, 0.05) is 31.2 Å². The molecule has 2 aromatic carbocycles. The first kappa shape index (κ1) is 19.8. The van der Waals surface area contributed by atoms with Gasteiger partial charge in [-0.2, -0.15) is 4.98 Å². The van der Waals surface area contributed by atoms with E-state index in [0.29, 0.717) is 54.3 Å². The number of ether oxygens (including phenoxy) is 2. The molecule has 0 spiro atoms. The number of nitrogen functional groups attached to an aromatic ring is 1. The Morgan fingerprint density at radius 1 is 0.967 bits per heavy atom. The van der Waals surface area contributed by atoms with Crippen LogP contribution in [0.15, 0.2) is 60.8 Å². The van der Waals surface area contributed by atoms with E-state index in [1.165, 1.54) is 0 Å². The number of piperazine rings is 1. The smallest absolute Gasteiger partial charge is 0.415 e. The molecule has 8 nitrogen and oxygen atoms in total.